The Labute approximate surface area is 807 Å². The summed E-state index contributed by atoms with van der Waals surface area (Å²) in [5.74, 6) is -23.3. The number of primary amides is 1. The smallest absolute Gasteiger partial charge is 0.305 e. The number of thioether (sulfide) groups is 1. The number of hydrogen-bond acceptors (Lipinski definition) is 20. The maximum atomic E-state index is 15.9. The summed E-state index contributed by atoms with van der Waals surface area (Å²) in [7, 11) is 3.82. The predicted molar refractivity (Wildman–Crippen MR) is 510 cm³/mol. The fourth-order valence-corrected chi connectivity index (χ4v) is 18.3. The number of hydrogen-bond donors (Lipinski definition) is 15. The number of benzene rings is 6. The zero-order chi connectivity index (χ0) is 101. The molecule has 40 heteroatoms. The number of H-pyrrole nitrogens is 1. The summed E-state index contributed by atoms with van der Waals surface area (Å²) in [5.41, 5.74) is 20.9. The highest BCUT2D eigenvalue weighted by molar-refractivity contribution is 8.00. The van der Waals surface area contributed by atoms with Gasteiger partial charge in [0.1, 0.15) is 84.3 Å². The van der Waals surface area contributed by atoms with Crippen molar-refractivity contribution in [2.75, 3.05) is 58.8 Å². The molecule has 0 unspecified atom stereocenters. The number of aromatic nitrogens is 1. The number of carbonyl (C=O) groups excluding carboxylic acids is 15. The second kappa shape index (κ2) is 51.6. The van der Waals surface area contributed by atoms with Crippen LogP contribution in [0.1, 0.15) is 137 Å². The van der Waals surface area contributed by atoms with Gasteiger partial charge in [0, 0.05) is 102 Å². The minimum absolute atomic E-state index is 0.0177. The highest BCUT2D eigenvalue weighted by Crippen LogP contribution is 2.29. The van der Waals surface area contributed by atoms with Crippen LogP contribution in [0.4, 0.5) is 13.2 Å². The Hall–Kier alpha value is -13.8. The molecule has 13 atom stereocenters. The number of carboxylic acids is 1. The third-order valence-corrected chi connectivity index (χ3v) is 26.2. The zero-order valence-corrected chi connectivity index (χ0v) is 79.4. The third kappa shape index (κ3) is 29.9. The Bertz CT molecular complexity index is 5490. The van der Waals surface area contributed by atoms with Gasteiger partial charge in [-0.15, -0.1) is 11.8 Å². The van der Waals surface area contributed by atoms with Gasteiger partial charge in [-0.2, -0.15) is 0 Å². The summed E-state index contributed by atoms with van der Waals surface area (Å²) in [4.78, 5) is 249. The largest absolute Gasteiger partial charge is 0.508 e. The van der Waals surface area contributed by atoms with E-state index in [2.05, 4.69) is 52.8 Å². The molecule has 0 radical (unpaired) electrons. The van der Waals surface area contributed by atoms with Crippen LogP contribution in [0.5, 0.6) is 5.75 Å². The number of rotatable bonds is 27. The first-order valence-electron chi connectivity index (χ1n) is 46.7. The van der Waals surface area contributed by atoms with Crippen molar-refractivity contribution in [3.8, 4) is 5.75 Å². The summed E-state index contributed by atoms with van der Waals surface area (Å²) in [6.07, 6.45) is 0.546. The van der Waals surface area contributed by atoms with Gasteiger partial charge in [-0.25, -0.2) is 13.2 Å². The van der Waals surface area contributed by atoms with Crippen molar-refractivity contribution in [3.05, 3.63) is 208 Å². The van der Waals surface area contributed by atoms with E-state index in [1.165, 1.54) is 55.2 Å². The number of para-hydroxylation sites is 1. The molecule has 1 aromatic heterocycles. The molecule has 4 heterocycles. The van der Waals surface area contributed by atoms with Gasteiger partial charge in [-0.3, -0.25) is 76.7 Å². The molecular formula is C99H125F3N18O18S. The number of unbranched alkanes of at least 4 members (excludes halogenated alkanes) is 3. The van der Waals surface area contributed by atoms with Crippen molar-refractivity contribution in [2.45, 2.75) is 221 Å². The Balaban J connectivity index is 1.07. The van der Waals surface area contributed by atoms with Gasteiger partial charge in [0.15, 0.2) is 17.5 Å². The molecule has 6 aromatic carbocycles. The van der Waals surface area contributed by atoms with Gasteiger partial charge in [-0.1, -0.05) is 155 Å². The Kier molecular flexibility index (Phi) is 39.8. The molecular weight excluding hydrogens is 1820 g/mol. The average molecular weight is 1940 g/mol. The van der Waals surface area contributed by atoms with Crippen LogP contribution in [-0.4, -0.2) is 272 Å². The minimum atomic E-state index is -1.94. The number of aromatic hydroxyl groups is 1. The Morgan fingerprint density at radius 2 is 0.978 bits per heavy atom. The number of carboxylic acid groups (broad SMARTS) is 1. The van der Waals surface area contributed by atoms with Gasteiger partial charge < -0.3 is 105 Å². The molecule has 18 N–H and O–H groups in total. The lowest BCUT2D eigenvalue weighted by Gasteiger charge is -2.38. The SMILES string of the molecule is CCCCC[C@H]1C(=O)N2CCC[C@@H]2C(=O)N[C@@H](CC(=O)O)C(=O)N[C@@H](C(C)C)C(=O)N(C)[C@@H](Cc2ccccc2)C(=O)N[C@@H](Cc2ccc(CN)cc2)C(=O)N2CCC[C@@H]2C(=O)N[C@@H](Cc2c[nH]c3ccccc23)C(=O)N[C@@H](Cc2ccc(O)cc2)C(=O)N[C@@H](CCCCN)C(=O)N[C@H](C(=O)NCC(N)=O)CSCC(=O)N[C@@H](Cc2cc(F)c(F)c(F)c2)C(=O)N(C)[C@@H](Cc2ccccc2)C(=O)N1C. The number of fused-ring (bicyclic) bond motifs is 3. The number of amides is 15. The predicted octanol–water partition coefficient (Wildman–Crippen LogP) is 3.04. The normalized spacial score (nSPS) is 23.0. The van der Waals surface area contributed by atoms with E-state index in [9.17, 15) is 38.6 Å². The van der Waals surface area contributed by atoms with E-state index < -0.39 is 227 Å². The van der Waals surface area contributed by atoms with Crippen LogP contribution in [0.3, 0.4) is 0 Å². The summed E-state index contributed by atoms with van der Waals surface area (Å²) in [6.45, 7) is 4.35. The fourth-order valence-electron chi connectivity index (χ4n) is 17.4. The van der Waals surface area contributed by atoms with Crippen LogP contribution in [0.2, 0.25) is 0 Å². The van der Waals surface area contributed by atoms with E-state index in [-0.39, 0.29) is 121 Å². The van der Waals surface area contributed by atoms with Crippen molar-refractivity contribution in [3.63, 3.8) is 0 Å². The Morgan fingerprint density at radius 3 is 1.57 bits per heavy atom. The van der Waals surface area contributed by atoms with E-state index in [0.29, 0.717) is 81.9 Å². The molecule has 0 aliphatic carbocycles. The molecule has 3 saturated heterocycles. The van der Waals surface area contributed by atoms with Crippen LogP contribution in [-0.2, 0) is 122 Å². The summed E-state index contributed by atoms with van der Waals surface area (Å²) >= 11 is 0.675. The molecule has 3 aliphatic rings. The van der Waals surface area contributed by atoms with Gasteiger partial charge >= 0.3 is 5.97 Å². The average Bonchev–Trinajstić information content (AvgIpc) is 1.79. The minimum Gasteiger partial charge on any atom is -0.508 e. The van der Waals surface area contributed by atoms with Crippen LogP contribution in [0.15, 0.2) is 152 Å². The first-order chi connectivity index (χ1) is 66.4. The van der Waals surface area contributed by atoms with Crippen molar-refractivity contribution in [1.29, 1.82) is 0 Å². The van der Waals surface area contributed by atoms with E-state index in [0.717, 1.165) is 20.3 Å². The lowest BCUT2D eigenvalue weighted by atomic mass is 9.98. The highest BCUT2D eigenvalue weighted by Gasteiger charge is 2.47. The standard InChI is InChI=1S/C99H125F3N18O18S/c1-7-8-11-29-79-98(137)120-42-21-31-78(120)93(132)112-73(51-84(124)125)91(130)115-86(57(2)3)99(138)117(5)80(48-58-22-12-9-13-23-58)94(133)113-75(46-60-32-34-62(52-104)35-33-60)96(135)119-41-20-30-77(119)92(131)111-72(50-64-53-106-69-27-17-16-26-66(64)69)90(129)110-71(45-61-36-38-65(121)39-37-61)89(128)109-70(28-18-19-40-103)88(127)114-76(87(126)107-54-82(105)122)55-139-56-83(123)108-74(47-63-43-67(100)85(102)68(101)44-63)95(134)118(6)81(97(136)116(79)4)49-59-24-14-10-15-25-59/h9-10,12-17,22-27,32-39,43-44,53,57,70-81,86,106,121H,7-8,11,18-21,28-31,40-42,45-52,54-56,103-104H2,1-6H3,(H2,105,122)(H,107,126)(H,108,123)(H,109,128)(H,110,129)(H,111,131)(H,112,132)(H,113,133)(H,114,127)(H,115,130)(H,124,125)/t70-,71-,72-,73-,74-,75-,76-,77+,78+,79-,80-,81-,86-/m0/s1. The van der Waals surface area contributed by atoms with Crippen LogP contribution in [0, 0.1) is 23.4 Å². The lowest BCUT2D eigenvalue weighted by molar-refractivity contribution is -0.152. The van der Waals surface area contributed by atoms with E-state index >= 15 is 61.5 Å². The number of halogens is 3. The molecule has 0 saturated carbocycles. The van der Waals surface area contributed by atoms with Crippen molar-refractivity contribution in [1.82, 2.24) is 77.3 Å². The lowest BCUT2D eigenvalue weighted by Crippen LogP contribution is -2.62. The number of nitrogens with two attached hydrogens (primary N) is 3. The number of nitrogens with zero attached hydrogens (tertiary/aromatic N) is 5. The van der Waals surface area contributed by atoms with Gasteiger partial charge in [0.25, 0.3) is 0 Å². The second-order valence-electron chi connectivity index (χ2n) is 35.7. The molecule has 0 spiro atoms. The van der Waals surface area contributed by atoms with Crippen molar-refractivity contribution < 1.29 is 100 Å². The number of aromatic amines is 1. The number of phenolic OH excluding ortho intramolecular Hbond substituents is 1. The summed E-state index contributed by atoms with van der Waals surface area (Å²) in [6, 6.07) is 16.7. The molecule has 746 valence electrons. The molecule has 139 heavy (non-hydrogen) atoms. The van der Waals surface area contributed by atoms with Gasteiger partial charge in [0.05, 0.1) is 18.7 Å². The molecule has 3 aliphatic heterocycles. The number of aliphatic carboxylic acids is 1. The molecule has 3 fully saturated rings. The van der Waals surface area contributed by atoms with Crippen LogP contribution < -0.4 is 65.1 Å². The van der Waals surface area contributed by atoms with E-state index in [4.69, 9.17) is 17.2 Å². The summed E-state index contributed by atoms with van der Waals surface area (Å²) in [5, 5.41) is 45.6. The van der Waals surface area contributed by atoms with Crippen molar-refractivity contribution >= 4 is 117 Å². The molecule has 10 rings (SSSR count). The monoisotopic (exact) mass is 1940 g/mol. The van der Waals surface area contributed by atoms with Crippen LogP contribution >= 0.6 is 11.8 Å². The van der Waals surface area contributed by atoms with E-state index in [1.807, 2.05) is 6.92 Å². The van der Waals surface area contributed by atoms with Gasteiger partial charge in [0.2, 0.25) is 88.6 Å². The maximum absolute atomic E-state index is 15.9. The van der Waals surface area contributed by atoms with Crippen LogP contribution in [0.25, 0.3) is 10.9 Å². The first kappa shape index (κ1) is 107. The van der Waals surface area contributed by atoms with Gasteiger partial charge in [-0.05, 0) is 133 Å². The maximum Gasteiger partial charge on any atom is 0.305 e. The molecule has 15 amide bonds. The quantitative estimate of drug-likeness (QED) is 0.0260. The first-order valence-corrected chi connectivity index (χ1v) is 47.8. The number of phenols is 1. The Morgan fingerprint density at radius 1 is 0.489 bits per heavy atom. The summed E-state index contributed by atoms with van der Waals surface area (Å²) < 4.78 is 45.3. The molecule has 36 nitrogen and oxygen atoms in total. The topological polar surface area (TPSA) is 532 Å². The van der Waals surface area contributed by atoms with Crippen molar-refractivity contribution in [2.24, 2.45) is 23.1 Å². The zero-order valence-electron chi connectivity index (χ0n) is 78.6. The molecule has 0 bridgehead atoms. The second-order valence-corrected chi connectivity index (χ2v) is 36.7. The number of carbonyl (C=O) groups is 16. The van der Waals surface area contributed by atoms with E-state index in [1.54, 1.807) is 129 Å². The fraction of sp³-hybridized carbons (Fsp3) is 0.455. The third-order valence-electron chi connectivity index (χ3n) is 25.2. The molecule has 7 aromatic rings. The highest BCUT2D eigenvalue weighted by atomic mass is 32.2. The number of likely N-dealkylation sites (N-methyl/N-ethyl adjacent to an activating group) is 3. The number of nitrogens with one attached hydrogen (secondary N) is 10.